The van der Waals surface area contributed by atoms with Crippen molar-refractivity contribution in [2.75, 3.05) is 0 Å². The van der Waals surface area contributed by atoms with Gasteiger partial charge in [0.25, 0.3) is 0 Å². The SMILES string of the molecule is CCC(C)c1ccc(C(F)(F)F)c(OC2(CC)CCCC2)c1. The minimum absolute atomic E-state index is 0.00838. The zero-order valence-corrected chi connectivity index (χ0v) is 13.6. The highest BCUT2D eigenvalue weighted by atomic mass is 19.4. The molecule has 0 N–H and O–H groups in total. The Labute approximate surface area is 130 Å². The Kier molecular flexibility index (Phi) is 5.08. The van der Waals surface area contributed by atoms with E-state index < -0.39 is 17.3 Å². The second-order valence-corrected chi connectivity index (χ2v) is 6.41. The number of hydrogen-bond acceptors (Lipinski definition) is 1. The molecule has 124 valence electrons. The molecule has 1 saturated carbocycles. The first-order valence-electron chi connectivity index (χ1n) is 8.21. The molecule has 1 nitrogen and oxygen atoms in total. The maximum absolute atomic E-state index is 13.3. The molecule has 0 aliphatic heterocycles. The molecule has 0 bridgehead atoms. The molecule has 0 radical (unpaired) electrons. The summed E-state index contributed by atoms with van der Waals surface area (Å²) >= 11 is 0. The lowest BCUT2D eigenvalue weighted by Gasteiger charge is -2.31. The van der Waals surface area contributed by atoms with Gasteiger partial charge in [-0.3, -0.25) is 0 Å². The van der Waals surface area contributed by atoms with E-state index in [1.807, 2.05) is 20.8 Å². The monoisotopic (exact) mass is 314 g/mol. The van der Waals surface area contributed by atoms with Crippen LogP contribution in [0.2, 0.25) is 0 Å². The highest BCUT2D eigenvalue weighted by Gasteiger charge is 2.39. The van der Waals surface area contributed by atoms with Crippen LogP contribution >= 0.6 is 0 Å². The van der Waals surface area contributed by atoms with Crippen LogP contribution in [0.25, 0.3) is 0 Å². The summed E-state index contributed by atoms with van der Waals surface area (Å²) in [4.78, 5) is 0. The van der Waals surface area contributed by atoms with E-state index in [1.54, 1.807) is 12.1 Å². The van der Waals surface area contributed by atoms with E-state index in [0.29, 0.717) is 0 Å². The third kappa shape index (κ3) is 3.58. The number of hydrogen-bond donors (Lipinski definition) is 0. The summed E-state index contributed by atoms with van der Waals surface area (Å²) in [5.74, 6) is 0.236. The molecule has 1 fully saturated rings. The summed E-state index contributed by atoms with van der Waals surface area (Å²) in [5, 5.41) is 0. The van der Waals surface area contributed by atoms with Crippen molar-refractivity contribution in [1.29, 1.82) is 0 Å². The van der Waals surface area contributed by atoms with Crippen molar-refractivity contribution in [1.82, 2.24) is 0 Å². The van der Waals surface area contributed by atoms with Crippen LogP contribution in [0.5, 0.6) is 5.75 Å². The summed E-state index contributed by atoms with van der Waals surface area (Å²) in [6.45, 7) is 6.06. The van der Waals surface area contributed by atoms with Crippen LogP contribution in [-0.2, 0) is 6.18 Å². The van der Waals surface area contributed by atoms with Crippen LogP contribution in [-0.4, -0.2) is 5.60 Å². The van der Waals surface area contributed by atoms with Gasteiger partial charge >= 0.3 is 6.18 Å². The normalized spacial score (nSPS) is 19.2. The Balaban J connectivity index is 2.41. The molecule has 1 aromatic rings. The van der Waals surface area contributed by atoms with Gasteiger partial charge in [0, 0.05) is 0 Å². The number of halogens is 3. The number of benzene rings is 1. The van der Waals surface area contributed by atoms with Gasteiger partial charge in [-0.2, -0.15) is 13.2 Å². The van der Waals surface area contributed by atoms with E-state index in [0.717, 1.165) is 44.1 Å². The number of rotatable bonds is 5. The molecular weight excluding hydrogens is 289 g/mol. The van der Waals surface area contributed by atoms with Crippen LogP contribution < -0.4 is 4.74 Å². The fourth-order valence-electron chi connectivity index (χ4n) is 3.18. The van der Waals surface area contributed by atoms with Crippen molar-refractivity contribution in [3.05, 3.63) is 29.3 Å². The Bertz CT molecular complexity index is 502. The largest absolute Gasteiger partial charge is 0.487 e. The van der Waals surface area contributed by atoms with Crippen LogP contribution in [0, 0.1) is 0 Å². The number of alkyl halides is 3. The fourth-order valence-corrected chi connectivity index (χ4v) is 3.18. The maximum Gasteiger partial charge on any atom is 0.419 e. The molecule has 0 spiro atoms. The predicted molar refractivity (Wildman–Crippen MR) is 82.3 cm³/mol. The van der Waals surface area contributed by atoms with E-state index in [1.165, 1.54) is 6.07 Å². The summed E-state index contributed by atoms with van der Waals surface area (Å²) < 4.78 is 45.8. The third-order valence-corrected chi connectivity index (χ3v) is 4.98. The molecule has 0 heterocycles. The van der Waals surface area contributed by atoms with Crippen LogP contribution in [0.15, 0.2) is 18.2 Å². The standard InChI is InChI=1S/C18H25F3O/c1-4-13(3)14-8-9-15(18(19,20)21)16(12-14)22-17(5-2)10-6-7-11-17/h8-9,12-13H,4-7,10-11H2,1-3H3. The Morgan fingerprint density at radius 2 is 1.82 bits per heavy atom. The lowest BCUT2D eigenvalue weighted by Crippen LogP contribution is -2.32. The second-order valence-electron chi connectivity index (χ2n) is 6.41. The third-order valence-electron chi connectivity index (χ3n) is 4.98. The molecule has 0 aromatic heterocycles. The van der Waals surface area contributed by atoms with E-state index in [-0.39, 0.29) is 11.7 Å². The van der Waals surface area contributed by atoms with Gasteiger partial charge in [0.15, 0.2) is 0 Å². The Hall–Kier alpha value is -1.19. The van der Waals surface area contributed by atoms with Gasteiger partial charge in [-0.1, -0.05) is 26.8 Å². The highest BCUT2D eigenvalue weighted by Crippen LogP contribution is 2.43. The van der Waals surface area contributed by atoms with Gasteiger partial charge in [-0.25, -0.2) is 0 Å². The van der Waals surface area contributed by atoms with E-state index in [9.17, 15) is 13.2 Å². The van der Waals surface area contributed by atoms with Gasteiger partial charge in [0.2, 0.25) is 0 Å². The summed E-state index contributed by atoms with van der Waals surface area (Å²) in [6.07, 6.45) is 1.00. The molecule has 1 aliphatic carbocycles. The molecule has 2 rings (SSSR count). The molecule has 22 heavy (non-hydrogen) atoms. The first-order chi connectivity index (χ1) is 10.3. The molecule has 1 aromatic carbocycles. The van der Waals surface area contributed by atoms with Crippen molar-refractivity contribution in [3.8, 4) is 5.75 Å². The van der Waals surface area contributed by atoms with Crippen LogP contribution in [0.1, 0.15) is 76.3 Å². The van der Waals surface area contributed by atoms with Gasteiger partial charge in [-0.15, -0.1) is 0 Å². The zero-order valence-electron chi connectivity index (χ0n) is 13.6. The molecule has 1 aliphatic rings. The minimum Gasteiger partial charge on any atom is -0.487 e. The Morgan fingerprint density at radius 1 is 1.18 bits per heavy atom. The van der Waals surface area contributed by atoms with Crippen molar-refractivity contribution in [2.24, 2.45) is 0 Å². The minimum atomic E-state index is -4.38. The quantitative estimate of drug-likeness (QED) is 0.618. The Morgan fingerprint density at radius 3 is 2.32 bits per heavy atom. The molecule has 1 unspecified atom stereocenters. The highest BCUT2D eigenvalue weighted by molar-refractivity contribution is 5.41. The van der Waals surface area contributed by atoms with Crippen molar-refractivity contribution in [3.63, 3.8) is 0 Å². The lowest BCUT2D eigenvalue weighted by atomic mass is 9.95. The smallest absolute Gasteiger partial charge is 0.419 e. The molecule has 1 atom stereocenters. The van der Waals surface area contributed by atoms with Crippen LogP contribution in [0.3, 0.4) is 0 Å². The van der Waals surface area contributed by atoms with E-state index in [4.69, 9.17) is 4.74 Å². The maximum atomic E-state index is 13.3. The van der Waals surface area contributed by atoms with Crippen LogP contribution in [0.4, 0.5) is 13.2 Å². The molecule has 0 amide bonds. The van der Waals surface area contributed by atoms with Crippen molar-refractivity contribution < 1.29 is 17.9 Å². The van der Waals surface area contributed by atoms with Gasteiger partial charge in [0.1, 0.15) is 11.4 Å². The fraction of sp³-hybridized carbons (Fsp3) is 0.667. The van der Waals surface area contributed by atoms with Crippen molar-refractivity contribution >= 4 is 0 Å². The average Bonchev–Trinajstić information content (AvgIpc) is 2.94. The predicted octanol–water partition coefficient (Wildman–Crippen LogP) is 6.32. The summed E-state index contributed by atoms with van der Waals surface area (Å²) in [7, 11) is 0. The van der Waals surface area contributed by atoms with Gasteiger partial charge in [0.05, 0.1) is 5.56 Å². The molecule has 0 saturated heterocycles. The summed E-state index contributed by atoms with van der Waals surface area (Å²) in [6, 6.07) is 4.36. The topological polar surface area (TPSA) is 9.23 Å². The van der Waals surface area contributed by atoms with E-state index >= 15 is 0 Å². The summed E-state index contributed by atoms with van der Waals surface area (Å²) in [5.41, 5.74) is -0.164. The average molecular weight is 314 g/mol. The van der Waals surface area contributed by atoms with Gasteiger partial charge < -0.3 is 4.74 Å². The lowest BCUT2D eigenvalue weighted by molar-refractivity contribution is -0.140. The van der Waals surface area contributed by atoms with E-state index in [2.05, 4.69) is 0 Å². The van der Waals surface area contributed by atoms with Gasteiger partial charge in [-0.05, 0) is 62.1 Å². The first kappa shape index (κ1) is 17.2. The molecular formula is C18H25F3O. The van der Waals surface area contributed by atoms with Crippen molar-refractivity contribution in [2.45, 2.75) is 77.0 Å². The first-order valence-corrected chi connectivity index (χ1v) is 8.21. The zero-order chi connectivity index (χ0) is 16.4. The number of ether oxygens (including phenoxy) is 1. The molecule has 4 heteroatoms. The second kappa shape index (κ2) is 6.51.